The first-order valence-electron chi connectivity index (χ1n) is 9.57. The van der Waals surface area contributed by atoms with Gasteiger partial charge in [-0.2, -0.15) is 0 Å². The molecule has 2 aromatic carbocycles. The van der Waals surface area contributed by atoms with E-state index >= 15 is 0 Å². The molecule has 0 aliphatic carbocycles. The maximum absolute atomic E-state index is 12.6. The zero-order chi connectivity index (χ0) is 20.2. The average molecular weight is 383 g/mol. The zero-order valence-electron chi connectivity index (χ0n) is 16.5. The molecule has 0 unspecified atom stereocenters. The van der Waals surface area contributed by atoms with Crippen molar-refractivity contribution in [3.63, 3.8) is 0 Å². The van der Waals surface area contributed by atoms with E-state index in [9.17, 15) is 9.59 Å². The third kappa shape index (κ3) is 6.79. The Morgan fingerprint density at radius 3 is 2.14 bits per heavy atom. The Hall–Kier alpha value is -2.70. The monoisotopic (exact) mass is 383 g/mol. The van der Waals surface area contributed by atoms with Gasteiger partial charge >= 0.3 is 0 Å². The van der Waals surface area contributed by atoms with Gasteiger partial charge in [0.2, 0.25) is 0 Å². The molecule has 150 valence electrons. The van der Waals surface area contributed by atoms with Gasteiger partial charge < -0.3 is 20.7 Å². The fraction of sp³-hybridized carbons (Fsp3) is 0.364. The van der Waals surface area contributed by atoms with Gasteiger partial charge in [0, 0.05) is 5.56 Å². The Morgan fingerprint density at radius 2 is 1.50 bits per heavy atom. The van der Waals surface area contributed by atoms with E-state index in [1.54, 1.807) is 42.5 Å². The smallest absolute Gasteiger partial charge is 0.255 e. The molecule has 0 aliphatic rings. The number of carbonyl (C=O) groups is 2. The largest absolute Gasteiger partial charge is 0.489 e. The second kappa shape index (κ2) is 11.9. The molecule has 28 heavy (non-hydrogen) atoms. The number of carbonyl (C=O) groups excluding carboxylic acids is 2. The lowest BCUT2D eigenvalue weighted by Crippen LogP contribution is -2.31. The molecule has 0 spiro atoms. The lowest BCUT2D eigenvalue weighted by atomic mass is 10.1. The summed E-state index contributed by atoms with van der Waals surface area (Å²) in [5.74, 6) is 0.0819. The minimum atomic E-state index is -0.319. The van der Waals surface area contributed by atoms with Crippen molar-refractivity contribution in [1.82, 2.24) is 16.0 Å². The van der Waals surface area contributed by atoms with Crippen LogP contribution in [0.2, 0.25) is 0 Å². The molecule has 2 rings (SSSR count). The molecule has 6 nitrogen and oxygen atoms in total. The highest BCUT2D eigenvalue weighted by molar-refractivity contribution is 6.03. The van der Waals surface area contributed by atoms with Crippen LogP contribution in [0.25, 0.3) is 0 Å². The molecule has 0 fully saturated rings. The second-order valence-electron chi connectivity index (χ2n) is 6.49. The van der Waals surface area contributed by atoms with Gasteiger partial charge in [-0.25, -0.2) is 0 Å². The van der Waals surface area contributed by atoms with Crippen molar-refractivity contribution in [3.8, 4) is 5.75 Å². The second-order valence-corrected chi connectivity index (χ2v) is 6.49. The minimum absolute atomic E-state index is 0.0141. The predicted molar refractivity (Wildman–Crippen MR) is 111 cm³/mol. The molecule has 0 bridgehead atoms. The first-order valence-corrected chi connectivity index (χ1v) is 9.57. The Kier molecular flexibility index (Phi) is 9.18. The molecule has 6 heteroatoms. The van der Waals surface area contributed by atoms with Crippen LogP contribution in [0.4, 0.5) is 0 Å². The van der Waals surface area contributed by atoms with E-state index in [0.717, 1.165) is 25.9 Å². The van der Waals surface area contributed by atoms with Gasteiger partial charge in [-0.3, -0.25) is 9.59 Å². The molecule has 0 heterocycles. The highest BCUT2D eigenvalue weighted by atomic mass is 16.5. The number of hydrogen-bond acceptors (Lipinski definition) is 5. The van der Waals surface area contributed by atoms with Gasteiger partial charge in [-0.05, 0) is 52.2 Å². The van der Waals surface area contributed by atoms with Crippen LogP contribution in [-0.2, 0) is 0 Å². The van der Waals surface area contributed by atoms with Crippen molar-refractivity contribution in [2.75, 3.05) is 33.7 Å². The van der Waals surface area contributed by atoms with Crippen LogP contribution in [-0.4, -0.2) is 51.5 Å². The maximum atomic E-state index is 12.6. The number of para-hydroxylation sites is 1. The van der Waals surface area contributed by atoms with E-state index in [4.69, 9.17) is 4.74 Å². The van der Waals surface area contributed by atoms with E-state index in [0.29, 0.717) is 16.9 Å². The van der Waals surface area contributed by atoms with E-state index in [2.05, 4.69) is 16.0 Å². The molecular weight excluding hydrogens is 354 g/mol. The van der Waals surface area contributed by atoms with E-state index in [1.165, 1.54) is 0 Å². The Morgan fingerprint density at radius 1 is 0.893 bits per heavy atom. The summed E-state index contributed by atoms with van der Waals surface area (Å²) in [6.45, 7) is 1.60. The molecular formula is C22H29N3O3. The molecule has 0 aromatic heterocycles. The summed E-state index contributed by atoms with van der Waals surface area (Å²) in [4.78, 5) is 24.9. The third-order valence-corrected chi connectivity index (χ3v) is 4.36. The van der Waals surface area contributed by atoms with Crippen molar-refractivity contribution in [2.45, 2.75) is 18.9 Å². The molecule has 2 aromatic rings. The predicted octanol–water partition coefficient (Wildman–Crippen LogP) is 2.27. The van der Waals surface area contributed by atoms with Crippen molar-refractivity contribution in [1.29, 1.82) is 0 Å². The number of rotatable bonds is 12. The number of benzene rings is 2. The summed E-state index contributed by atoms with van der Waals surface area (Å²) >= 11 is 0. The standard InChI is InChI=1S/C22H29N3O3/c1-23-14-12-18(13-15-24-2)28-21-11-7-6-10-19(21)22(27)25-16-20(26)17-8-4-3-5-9-17/h3-11,18,23-24H,12-16H2,1-2H3,(H,25,27). The van der Waals surface area contributed by atoms with Gasteiger partial charge in [-0.15, -0.1) is 0 Å². The first kappa shape index (κ1) is 21.6. The number of hydrogen-bond donors (Lipinski definition) is 3. The summed E-state index contributed by atoms with van der Waals surface area (Å²) in [6, 6.07) is 16.1. The van der Waals surface area contributed by atoms with E-state index in [-0.39, 0.29) is 24.3 Å². The summed E-state index contributed by atoms with van der Waals surface area (Å²) in [5.41, 5.74) is 1.01. The van der Waals surface area contributed by atoms with Crippen LogP contribution >= 0.6 is 0 Å². The highest BCUT2D eigenvalue weighted by Gasteiger charge is 2.17. The van der Waals surface area contributed by atoms with Gasteiger partial charge in [0.1, 0.15) is 11.9 Å². The van der Waals surface area contributed by atoms with Crippen LogP contribution in [0.3, 0.4) is 0 Å². The number of ether oxygens (including phenoxy) is 1. The molecule has 1 amide bonds. The van der Waals surface area contributed by atoms with Gasteiger partial charge in [0.15, 0.2) is 5.78 Å². The van der Waals surface area contributed by atoms with Gasteiger partial charge in [-0.1, -0.05) is 42.5 Å². The van der Waals surface area contributed by atoms with Crippen LogP contribution in [0.5, 0.6) is 5.75 Å². The maximum Gasteiger partial charge on any atom is 0.255 e. The average Bonchev–Trinajstić information content (AvgIpc) is 2.74. The van der Waals surface area contributed by atoms with Crippen LogP contribution in [0.1, 0.15) is 33.6 Å². The molecule has 3 N–H and O–H groups in total. The van der Waals surface area contributed by atoms with Gasteiger partial charge in [0.05, 0.1) is 12.1 Å². The van der Waals surface area contributed by atoms with Crippen LogP contribution < -0.4 is 20.7 Å². The summed E-state index contributed by atoms with van der Waals surface area (Å²) in [7, 11) is 3.81. The van der Waals surface area contributed by atoms with E-state index < -0.39 is 0 Å². The number of amides is 1. The highest BCUT2D eigenvalue weighted by Crippen LogP contribution is 2.21. The normalized spacial score (nSPS) is 10.7. The van der Waals surface area contributed by atoms with E-state index in [1.807, 2.05) is 26.2 Å². The Bertz CT molecular complexity index is 742. The SMILES string of the molecule is CNCCC(CCNC)Oc1ccccc1C(=O)NCC(=O)c1ccccc1. The first-order chi connectivity index (χ1) is 13.7. The lowest BCUT2D eigenvalue weighted by molar-refractivity contribution is 0.0898. The zero-order valence-corrected chi connectivity index (χ0v) is 16.5. The van der Waals surface area contributed by atoms with Crippen LogP contribution in [0.15, 0.2) is 54.6 Å². The van der Waals surface area contributed by atoms with Crippen LogP contribution in [0, 0.1) is 0 Å². The molecule has 0 aliphatic heterocycles. The molecule has 0 saturated carbocycles. The molecule has 0 radical (unpaired) electrons. The number of nitrogens with one attached hydrogen (secondary N) is 3. The fourth-order valence-electron chi connectivity index (χ4n) is 2.79. The van der Waals surface area contributed by atoms with Crippen molar-refractivity contribution in [3.05, 3.63) is 65.7 Å². The lowest BCUT2D eigenvalue weighted by Gasteiger charge is -2.21. The summed E-state index contributed by atoms with van der Waals surface area (Å²) in [5, 5.41) is 8.96. The molecule has 0 saturated heterocycles. The topological polar surface area (TPSA) is 79.5 Å². The molecule has 0 atom stereocenters. The van der Waals surface area contributed by atoms with Gasteiger partial charge in [0.25, 0.3) is 5.91 Å². The number of Topliss-reactive ketones (excluding diaryl/α,β-unsaturated/α-hetero) is 1. The Balaban J connectivity index is 2.02. The van der Waals surface area contributed by atoms with Crippen molar-refractivity contribution in [2.24, 2.45) is 0 Å². The summed E-state index contributed by atoms with van der Waals surface area (Å²) < 4.78 is 6.14. The third-order valence-electron chi connectivity index (χ3n) is 4.36. The van der Waals surface area contributed by atoms with Crippen molar-refractivity contribution < 1.29 is 14.3 Å². The number of ketones is 1. The van der Waals surface area contributed by atoms with Crippen molar-refractivity contribution >= 4 is 11.7 Å². The minimum Gasteiger partial charge on any atom is -0.489 e. The quantitative estimate of drug-likeness (QED) is 0.490. The summed E-state index contributed by atoms with van der Waals surface area (Å²) in [6.07, 6.45) is 1.65. The Labute approximate surface area is 166 Å². The fourth-order valence-corrected chi connectivity index (χ4v) is 2.79.